The number of rotatable bonds is 5. The predicted molar refractivity (Wildman–Crippen MR) is 68.2 cm³/mol. The molecule has 1 saturated heterocycles. The van der Waals surface area contributed by atoms with Crippen molar-refractivity contribution in [3.05, 3.63) is 11.7 Å². The Morgan fingerprint density at radius 2 is 2.39 bits per heavy atom. The lowest BCUT2D eigenvalue weighted by atomic mass is 9.96. The van der Waals surface area contributed by atoms with E-state index in [0.717, 1.165) is 31.8 Å². The van der Waals surface area contributed by atoms with Crippen LogP contribution in [-0.2, 0) is 16.8 Å². The average Bonchev–Trinajstić information content (AvgIpc) is 2.88. The van der Waals surface area contributed by atoms with E-state index in [0.29, 0.717) is 11.7 Å². The maximum Gasteiger partial charge on any atom is 0.227 e. The van der Waals surface area contributed by atoms with Gasteiger partial charge in [0.1, 0.15) is 5.60 Å². The number of aromatic nitrogens is 2. The highest BCUT2D eigenvalue weighted by atomic mass is 16.5. The van der Waals surface area contributed by atoms with E-state index in [-0.39, 0.29) is 0 Å². The first-order chi connectivity index (χ1) is 8.68. The molecule has 1 fully saturated rings. The molecule has 1 aromatic heterocycles. The Kier molecular flexibility index (Phi) is 4.35. The first kappa shape index (κ1) is 13.5. The number of nitrogens with one attached hydrogen (secondary N) is 1. The van der Waals surface area contributed by atoms with Crippen molar-refractivity contribution >= 4 is 0 Å². The Labute approximate surface area is 108 Å². The maximum absolute atomic E-state index is 5.48. The number of piperidine rings is 1. The van der Waals surface area contributed by atoms with Gasteiger partial charge < -0.3 is 14.6 Å². The highest BCUT2D eigenvalue weighted by molar-refractivity contribution is 4.99. The van der Waals surface area contributed by atoms with Crippen LogP contribution in [-0.4, -0.2) is 30.3 Å². The Bertz CT molecular complexity index is 368. The minimum atomic E-state index is -0.438. The maximum atomic E-state index is 5.48. The Morgan fingerprint density at radius 3 is 3.00 bits per heavy atom. The van der Waals surface area contributed by atoms with Gasteiger partial charge in [-0.15, -0.1) is 0 Å². The van der Waals surface area contributed by atoms with Gasteiger partial charge in [-0.1, -0.05) is 12.1 Å². The lowest BCUT2D eigenvalue weighted by molar-refractivity contribution is -0.0106. The second-order valence-electron chi connectivity index (χ2n) is 5.22. The first-order valence-electron chi connectivity index (χ1n) is 6.77. The minimum absolute atomic E-state index is 0.438. The van der Waals surface area contributed by atoms with Gasteiger partial charge in [0.05, 0.1) is 0 Å². The monoisotopic (exact) mass is 253 g/mol. The quantitative estimate of drug-likeness (QED) is 0.868. The molecule has 2 unspecified atom stereocenters. The second kappa shape index (κ2) is 5.80. The van der Waals surface area contributed by atoms with E-state index in [1.807, 2.05) is 6.92 Å². The summed E-state index contributed by atoms with van der Waals surface area (Å²) in [7, 11) is 1.69. The SMILES string of the molecule is CCC(C)(OC)c1noc(CC2CCCNC2)n1. The number of ether oxygens (including phenoxy) is 1. The third-order valence-corrected chi connectivity index (χ3v) is 3.93. The lowest BCUT2D eigenvalue weighted by Crippen LogP contribution is -2.31. The van der Waals surface area contributed by atoms with Crippen molar-refractivity contribution in [2.75, 3.05) is 20.2 Å². The molecule has 2 atom stereocenters. The molecule has 5 heteroatoms. The van der Waals surface area contributed by atoms with Gasteiger partial charge in [-0.25, -0.2) is 0 Å². The fourth-order valence-corrected chi connectivity index (χ4v) is 2.29. The van der Waals surface area contributed by atoms with E-state index < -0.39 is 5.60 Å². The van der Waals surface area contributed by atoms with Crippen molar-refractivity contribution in [3.8, 4) is 0 Å². The van der Waals surface area contributed by atoms with Crippen molar-refractivity contribution in [1.82, 2.24) is 15.5 Å². The van der Waals surface area contributed by atoms with Crippen LogP contribution in [0.5, 0.6) is 0 Å². The molecule has 18 heavy (non-hydrogen) atoms. The second-order valence-corrected chi connectivity index (χ2v) is 5.22. The van der Waals surface area contributed by atoms with E-state index in [9.17, 15) is 0 Å². The molecule has 5 nitrogen and oxygen atoms in total. The molecule has 0 saturated carbocycles. The average molecular weight is 253 g/mol. The summed E-state index contributed by atoms with van der Waals surface area (Å²) >= 11 is 0. The van der Waals surface area contributed by atoms with Crippen LogP contribution < -0.4 is 5.32 Å². The van der Waals surface area contributed by atoms with Crippen LogP contribution in [0.15, 0.2) is 4.52 Å². The Balaban J connectivity index is 2.01. The number of hydrogen-bond donors (Lipinski definition) is 1. The molecule has 102 valence electrons. The first-order valence-corrected chi connectivity index (χ1v) is 6.77. The Morgan fingerprint density at radius 1 is 1.56 bits per heavy atom. The lowest BCUT2D eigenvalue weighted by Gasteiger charge is -2.22. The molecule has 0 bridgehead atoms. The summed E-state index contributed by atoms with van der Waals surface area (Å²) in [5.74, 6) is 2.00. The molecule has 0 spiro atoms. The molecular formula is C13H23N3O2. The minimum Gasteiger partial charge on any atom is -0.370 e. The summed E-state index contributed by atoms with van der Waals surface area (Å²) < 4.78 is 10.8. The van der Waals surface area contributed by atoms with Gasteiger partial charge in [0.25, 0.3) is 0 Å². The Hall–Kier alpha value is -0.940. The normalized spacial score (nSPS) is 23.8. The molecule has 1 aliphatic heterocycles. The standard InChI is InChI=1S/C13H23N3O2/c1-4-13(2,17-3)12-15-11(18-16-12)8-10-6-5-7-14-9-10/h10,14H,4-9H2,1-3H3. The van der Waals surface area contributed by atoms with Gasteiger partial charge in [0.2, 0.25) is 11.7 Å². The van der Waals surface area contributed by atoms with Gasteiger partial charge in [-0.2, -0.15) is 4.98 Å². The molecule has 1 aromatic rings. The summed E-state index contributed by atoms with van der Waals surface area (Å²) in [4.78, 5) is 4.49. The topological polar surface area (TPSA) is 60.2 Å². The third kappa shape index (κ3) is 2.90. The van der Waals surface area contributed by atoms with Gasteiger partial charge in [0.15, 0.2) is 0 Å². The van der Waals surface area contributed by atoms with Crippen molar-refractivity contribution < 1.29 is 9.26 Å². The van der Waals surface area contributed by atoms with Gasteiger partial charge in [-0.05, 0) is 45.2 Å². The number of nitrogens with zero attached hydrogens (tertiary/aromatic N) is 2. The summed E-state index contributed by atoms with van der Waals surface area (Å²) in [6.07, 6.45) is 4.16. The highest BCUT2D eigenvalue weighted by Gasteiger charge is 2.30. The fourth-order valence-electron chi connectivity index (χ4n) is 2.29. The molecule has 0 aliphatic carbocycles. The van der Waals surface area contributed by atoms with E-state index in [4.69, 9.17) is 9.26 Å². The zero-order valence-corrected chi connectivity index (χ0v) is 11.5. The summed E-state index contributed by atoms with van der Waals surface area (Å²) in [5, 5.41) is 7.46. The van der Waals surface area contributed by atoms with Crippen LogP contribution in [0.3, 0.4) is 0 Å². The summed E-state index contributed by atoms with van der Waals surface area (Å²) in [5.41, 5.74) is -0.438. The smallest absolute Gasteiger partial charge is 0.227 e. The highest BCUT2D eigenvalue weighted by Crippen LogP contribution is 2.26. The predicted octanol–water partition coefficient (Wildman–Crippen LogP) is 1.88. The van der Waals surface area contributed by atoms with Gasteiger partial charge in [0, 0.05) is 13.5 Å². The molecule has 0 radical (unpaired) electrons. The largest absolute Gasteiger partial charge is 0.370 e. The summed E-state index contributed by atoms with van der Waals surface area (Å²) in [6, 6.07) is 0. The van der Waals surface area contributed by atoms with E-state index in [2.05, 4.69) is 22.4 Å². The van der Waals surface area contributed by atoms with Gasteiger partial charge >= 0.3 is 0 Å². The summed E-state index contributed by atoms with van der Waals surface area (Å²) in [6.45, 7) is 6.23. The zero-order chi connectivity index (χ0) is 13.0. The molecular weight excluding hydrogens is 230 g/mol. The van der Waals surface area contributed by atoms with Crippen molar-refractivity contribution in [2.24, 2.45) is 5.92 Å². The molecule has 1 aliphatic rings. The molecule has 1 N–H and O–H groups in total. The van der Waals surface area contributed by atoms with Crippen molar-refractivity contribution in [1.29, 1.82) is 0 Å². The fraction of sp³-hybridized carbons (Fsp3) is 0.846. The molecule has 0 aromatic carbocycles. The zero-order valence-electron chi connectivity index (χ0n) is 11.5. The van der Waals surface area contributed by atoms with Crippen LogP contribution in [0.25, 0.3) is 0 Å². The molecule has 0 amide bonds. The van der Waals surface area contributed by atoms with Crippen LogP contribution in [0.2, 0.25) is 0 Å². The number of methoxy groups -OCH3 is 1. The molecule has 2 heterocycles. The van der Waals surface area contributed by atoms with Crippen LogP contribution in [0.1, 0.15) is 44.8 Å². The van der Waals surface area contributed by atoms with E-state index >= 15 is 0 Å². The van der Waals surface area contributed by atoms with Crippen molar-refractivity contribution in [2.45, 2.75) is 45.1 Å². The third-order valence-electron chi connectivity index (χ3n) is 3.93. The van der Waals surface area contributed by atoms with Crippen LogP contribution >= 0.6 is 0 Å². The molecule has 2 rings (SSSR count). The van der Waals surface area contributed by atoms with E-state index in [1.54, 1.807) is 7.11 Å². The number of hydrogen-bond acceptors (Lipinski definition) is 5. The van der Waals surface area contributed by atoms with E-state index in [1.165, 1.54) is 12.8 Å². The van der Waals surface area contributed by atoms with Crippen LogP contribution in [0.4, 0.5) is 0 Å². The van der Waals surface area contributed by atoms with Crippen LogP contribution in [0, 0.1) is 5.92 Å². The van der Waals surface area contributed by atoms with Gasteiger partial charge in [-0.3, -0.25) is 0 Å². The van der Waals surface area contributed by atoms with Crippen molar-refractivity contribution in [3.63, 3.8) is 0 Å².